The number of rotatable bonds is 2. The standard InChI is InChI=1S/C11H19N3O/c1-7-4-3-5-14-10(9(12)6-15)8(2)13-11(7)14/h7,9,15H,3-6,12H2,1-2H3. The Morgan fingerprint density at radius 2 is 2.40 bits per heavy atom. The summed E-state index contributed by atoms with van der Waals surface area (Å²) in [4.78, 5) is 4.57. The molecule has 3 N–H and O–H groups in total. The van der Waals surface area contributed by atoms with Crippen LogP contribution in [-0.4, -0.2) is 21.3 Å². The van der Waals surface area contributed by atoms with Crippen molar-refractivity contribution in [3.8, 4) is 0 Å². The molecular weight excluding hydrogens is 190 g/mol. The monoisotopic (exact) mass is 209 g/mol. The van der Waals surface area contributed by atoms with E-state index in [9.17, 15) is 0 Å². The first-order valence-electron chi connectivity index (χ1n) is 5.58. The van der Waals surface area contributed by atoms with Crippen LogP contribution < -0.4 is 5.73 Å². The molecule has 0 aromatic carbocycles. The number of nitrogens with zero attached hydrogens (tertiary/aromatic N) is 2. The van der Waals surface area contributed by atoms with E-state index in [-0.39, 0.29) is 12.6 Å². The van der Waals surface area contributed by atoms with Crippen molar-refractivity contribution in [1.82, 2.24) is 9.55 Å². The molecule has 0 spiro atoms. The highest BCUT2D eigenvalue weighted by Gasteiger charge is 2.25. The molecule has 0 amide bonds. The third kappa shape index (κ3) is 1.68. The molecule has 2 atom stereocenters. The molecule has 1 aliphatic heterocycles. The molecule has 1 aromatic heterocycles. The number of aryl methyl sites for hydroxylation is 1. The number of aromatic nitrogens is 2. The second-order valence-corrected chi connectivity index (χ2v) is 4.42. The Bertz CT molecular complexity index is 359. The predicted octanol–water partition coefficient (Wildman–Crippen LogP) is 1.08. The van der Waals surface area contributed by atoms with Crippen LogP contribution in [0, 0.1) is 6.92 Å². The molecule has 1 aromatic rings. The number of hydrogen-bond acceptors (Lipinski definition) is 3. The molecule has 0 saturated heterocycles. The zero-order valence-electron chi connectivity index (χ0n) is 9.40. The fourth-order valence-electron chi connectivity index (χ4n) is 2.46. The smallest absolute Gasteiger partial charge is 0.112 e. The van der Waals surface area contributed by atoms with Gasteiger partial charge in [-0.2, -0.15) is 0 Å². The lowest BCUT2D eigenvalue weighted by molar-refractivity contribution is 0.261. The molecule has 2 unspecified atom stereocenters. The van der Waals surface area contributed by atoms with Crippen molar-refractivity contribution in [3.63, 3.8) is 0 Å². The van der Waals surface area contributed by atoms with Gasteiger partial charge in [0.05, 0.1) is 24.0 Å². The lowest BCUT2D eigenvalue weighted by Gasteiger charge is -2.23. The fourth-order valence-corrected chi connectivity index (χ4v) is 2.46. The number of aliphatic hydroxyl groups is 1. The summed E-state index contributed by atoms with van der Waals surface area (Å²) in [6.07, 6.45) is 2.37. The van der Waals surface area contributed by atoms with Gasteiger partial charge in [-0.15, -0.1) is 0 Å². The number of hydrogen-bond donors (Lipinski definition) is 2. The van der Waals surface area contributed by atoms with Gasteiger partial charge in [0.2, 0.25) is 0 Å². The van der Waals surface area contributed by atoms with Crippen molar-refractivity contribution >= 4 is 0 Å². The van der Waals surface area contributed by atoms with Crippen LogP contribution >= 0.6 is 0 Å². The van der Waals surface area contributed by atoms with Gasteiger partial charge in [0, 0.05) is 12.5 Å². The first-order chi connectivity index (χ1) is 7.15. The van der Waals surface area contributed by atoms with Crippen molar-refractivity contribution in [2.45, 2.75) is 45.2 Å². The minimum Gasteiger partial charge on any atom is -0.394 e. The Balaban J connectivity index is 2.46. The van der Waals surface area contributed by atoms with Gasteiger partial charge in [-0.25, -0.2) is 4.98 Å². The van der Waals surface area contributed by atoms with Crippen molar-refractivity contribution < 1.29 is 5.11 Å². The highest BCUT2D eigenvalue weighted by Crippen LogP contribution is 2.30. The normalized spacial score (nSPS) is 22.5. The van der Waals surface area contributed by atoms with Gasteiger partial charge >= 0.3 is 0 Å². The van der Waals surface area contributed by atoms with Crippen molar-refractivity contribution in [3.05, 3.63) is 17.2 Å². The Morgan fingerprint density at radius 1 is 1.67 bits per heavy atom. The molecule has 4 heteroatoms. The molecule has 0 saturated carbocycles. The van der Waals surface area contributed by atoms with E-state index in [1.807, 2.05) is 6.92 Å². The van der Waals surface area contributed by atoms with E-state index >= 15 is 0 Å². The van der Waals surface area contributed by atoms with Crippen LogP contribution in [0.15, 0.2) is 0 Å². The maximum atomic E-state index is 9.13. The summed E-state index contributed by atoms with van der Waals surface area (Å²) >= 11 is 0. The van der Waals surface area contributed by atoms with Crippen LogP contribution in [0.25, 0.3) is 0 Å². The molecule has 0 aliphatic carbocycles. The third-order valence-corrected chi connectivity index (χ3v) is 3.23. The number of imidazole rings is 1. The summed E-state index contributed by atoms with van der Waals surface area (Å²) in [5, 5.41) is 9.13. The Labute approximate surface area is 90.1 Å². The van der Waals surface area contributed by atoms with Crippen molar-refractivity contribution in [1.29, 1.82) is 0 Å². The van der Waals surface area contributed by atoms with Crippen LogP contribution in [0.5, 0.6) is 0 Å². The molecular formula is C11H19N3O. The molecule has 2 rings (SSSR count). The Morgan fingerprint density at radius 3 is 3.07 bits per heavy atom. The molecule has 1 aliphatic rings. The average molecular weight is 209 g/mol. The summed E-state index contributed by atoms with van der Waals surface area (Å²) in [7, 11) is 0. The Hall–Kier alpha value is -0.870. The van der Waals surface area contributed by atoms with Crippen molar-refractivity contribution in [2.75, 3.05) is 6.61 Å². The van der Waals surface area contributed by atoms with Crippen LogP contribution in [0.3, 0.4) is 0 Å². The highest BCUT2D eigenvalue weighted by molar-refractivity contribution is 5.22. The van der Waals surface area contributed by atoms with Crippen LogP contribution in [0.1, 0.15) is 48.9 Å². The molecule has 2 heterocycles. The van der Waals surface area contributed by atoms with Crippen LogP contribution in [0.4, 0.5) is 0 Å². The van der Waals surface area contributed by atoms with Gasteiger partial charge in [0.1, 0.15) is 5.82 Å². The molecule has 0 fully saturated rings. The van der Waals surface area contributed by atoms with Gasteiger partial charge < -0.3 is 15.4 Å². The Kier molecular flexibility index (Phi) is 2.80. The lowest BCUT2D eigenvalue weighted by Crippen LogP contribution is -2.23. The number of nitrogens with two attached hydrogens (primary N) is 1. The summed E-state index contributed by atoms with van der Waals surface area (Å²) in [6, 6.07) is -0.295. The number of fused-ring (bicyclic) bond motifs is 1. The minimum absolute atomic E-state index is 0.0135. The second kappa shape index (κ2) is 3.94. The first kappa shape index (κ1) is 10.6. The zero-order chi connectivity index (χ0) is 11.0. The summed E-state index contributed by atoms with van der Waals surface area (Å²) in [5.74, 6) is 1.65. The summed E-state index contributed by atoms with van der Waals surface area (Å²) in [5.41, 5.74) is 7.88. The average Bonchev–Trinajstić information content (AvgIpc) is 2.55. The quantitative estimate of drug-likeness (QED) is 0.766. The fraction of sp³-hybridized carbons (Fsp3) is 0.727. The van der Waals surface area contributed by atoms with E-state index in [1.54, 1.807) is 0 Å². The van der Waals surface area contributed by atoms with E-state index in [0.29, 0.717) is 5.92 Å². The SMILES string of the molecule is Cc1nc2n(c1C(N)CO)CCCC2C. The molecule has 0 radical (unpaired) electrons. The maximum Gasteiger partial charge on any atom is 0.112 e. The molecule has 0 bridgehead atoms. The first-order valence-corrected chi connectivity index (χ1v) is 5.58. The topological polar surface area (TPSA) is 64.1 Å². The van der Waals surface area contributed by atoms with E-state index in [2.05, 4.69) is 16.5 Å². The number of aliphatic hydroxyl groups excluding tert-OH is 1. The van der Waals surface area contributed by atoms with E-state index in [4.69, 9.17) is 10.8 Å². The van der Waals surface area contributed by atoms with Gasteiger partial charge in [-0.3, -0.25) is 0 Å². The third-order valence-electron chi connectivity index (χ3n) is 3.23. The highest BCUT2D eigenvalue weighted by atomic mass is 16.3. The van der Waals surface area contributed by atoms with Crippen LogP contribution in [-0.2, 0) is 6.54 Å². The second-order valence-electron chi connectivity index (χ2n) is 4.42. The van der Waals surface area contributed by atoms with Gasteiger partial charge in [-0.1, -0.05) is 6.92 Å². The van der Waals surface area contributed by atoms with Gasteiger partial charge in [0.15, 0.2) is 0 Å². The van der Waals surface area contributed by atoms with Crippen LogP contribution in [0.2, 0.25) is 0 Å². The predicted molar refractivity (Wildman–Crippen MR) is 58.6 cm³/mol. The molecule has 84 valence electrons. The largest absolute Gasteiger partial charge is 0.394 e. The maximum absolute atomic E-state index is 9.13. The van der Waals surface area contributed by atoms with E-state index < -0.39 is 0 Å². The van der Waals surface area contributed by atoms with E-state index in [0.717, 1.165) is 23.8 Å². The molecule has 15 heavy (non-hydrogen) atoms. The van der Waals surface area contributed by atoms with Gasteiger partial charge in [0.25, 0.3) is 0 Å². The van der Waals surface area contributed by atoms with Crippen molar-refractivity contribution in [2.24, 2.45) is 5.73 Å². The minimum atomic E-state index is -0.295. The summed E-state index contributed by atoms with van der Waals surface area (Å²) < 4.78 is 2.20. The van der Waals surface area contributed by atoms with Gasteiger partial charge in [-0.05, 0) is 19.8 Å². The summed E-state index contributed by atoms with van der Waals surface area (Å²) in [6.45, 7) is 5.15. The lowest BCUT2D eigenvalue weighted by atomic mass is 10.0. The molecule has 4 nitrogen and oxygen atoms in total. The zero-order valence-corrected chi connectivity index (χ0v) is 9.40. The van der Waals surface area contributed by atoms with E-state index in [1.165, 1.54) is 12.8 Å².